The Hall–Kier alpha value is -1.87. The number of aryl methyl sites for hydroxylation is 1. The first-order valence-electron chi connectivity index (χ1n) is 8.96. The number of β-amino-alcohol motifs (C(OH)–C–C–N with tert-alkyl or cyclic N) is 1. The highest BCUT2D eigenvalue weighted by Crippen LogP contribution is 2.16. The van der Waals surface area contributed by atoms with E-state index in [1.807, 2.05) is 24.3 Å². The quantitative estimate of drug-likeness (QED) is 0.763. The molecule has 2 heterocycles. The second-order valence-corrected chi connectivity index (χ2v) is 7.41. The summed E-state index contributed by atoms with van der Waals surface area (Å²) in [5.74, 6) is -0.217. The molecule has 0 bridgehead atoms. The summed E-state index contributed by atoms with van der Waals surface area (Å²) in [4.78, 5) is 16.9. The van der Waals surface area contributed by atoms with Gasteiger partial charge in [-0.2, -0.15) is 0 Å². The van der Waals surface area contributed by atoms with Crippen LogP contribution in [0, 0.1) is 0 Å². The van der Waals surface area contributed by atoms with E-state index in [4.69, 9.17) is 5.11 Å². The standard InChI is InChI=1S/C18H25N5O2S/c1-2-14-3-5-15(6-4-14)19-17(25)18-21-20-16(26-18)13-23-9-7-22(8-10-23)11-12-24/h3-6,24H,2,7-13H2,1H3,(H,19,25). The molecule has 0 unspecified atom stereocenters. The summed E-state index contributed by atoms with van der Waals surface area (Å²) in [7, 11) is 0. The topological polar surface area (TPSA) is 81.6 Å². The lowest BCUT2D eigenvalue weighted by Gasteiger charge is -2.33. The number of carbonyl (C=O) groups is 1. The van der Waals surface area contributed by atoms with Crippen molar-refractivity contribution in [1.82, 2.24) is 20.0 Å². The Morgan fingerprint density at radius 1 is 1.15 bits per heavy atom. The van der Waals surface area contributed by atoms with Crippen molar-refractivity contribution >= 4 is 22.9 Å². The van der Waals surface area contributed by atoms with Crippen molar-refractivity contribution in [1.29, 1.82) is 0 Å². The minimum Gasteiger partial charge on any atom is -0.395 e. The molecule has 7 nitrogen and oxygen atoms in total. The van der Waals surface area contributed by atoms with E-state index >= 15 is 0 Å². The molecule has 1 aliphatic rings. The summed E-state index contributed by atoms with van der Waals surface area (Å²) in [6.07, 6.45) is 0.974. The fourth-order valence-electron chi connectivity index (χ4n) is 2.92. The van der Waals surface area contributed by atoms with E-state index in [9.17, 15) is 4.79 Å². The van der Waals surface area contributed by atoms with Gasteiger partial charge in [0.25, 0.3) is 5.91 Å². The molecule has 1 saturated heterocycles. The largest absolute Gasteiger partial charge is 0.395 e. The fraction of sp³-hybridized carbons (Fsp3) is 0.500. The van der Waals surface area contributed by atoms with Gasteiger partial charge in [0.15, 0.2) is 0 Å². The first-order valence-corrected chi connectivity index (χ1v) is 9.78. The van der Waals surface area contributed by atoms with Gasteiger partial charge in [-0.1, -0.05) is 30.4 Å². The van der Waals surface area contributed by atoms with Crippen molar-refractivity contribution in [2.24, 2.45) is 0 Å². The van der Waals surface area contributed by atoms with E-state index < -0.39 is 0 Å². The van der Waals surface area contributed by atoms with E-state index in [0.29, 0.717) is 11.6 Å². The molecule has 1 fully saturated rings. The molecule has 0 saturated carbocycles. The SMILES string of the molecule is CCc1ccc(NC(=O)c2nnc(CN3CCN(CCO)CC3)s2)cc1. The first-order chi connectivity index (χ1) is 12.7. The lowest BCUT2D eigenvalue weighted by Crippen LogP contribution is -2.46. The third-order valence-electron chi connectivity index (χ3n) is 4.52. The molecule has 3 rings (SSSR count). The molecule has 2 aromatic rings. The molecule has 0 atom stereocenters. The van der Waals surface area contributed by atoms with Crippen LogP contribution in [0.5, 0.6) is 0 Å². The predicted octanol–water partition coefficient (Wildman–Crippen LogP) is 1.46. The molecule has 1 aliphatic heterocycles. The number of benzene rings is 1. The van der Waals surface area contributed by atoms with Gasteiger partial charge < -0.3 is 10.4 Å². The number of amides is 1. The lowest BCUT2D eigenvalue weighted by molar-refractivity contribution is 0.102. The van der Waals surface area contributed by atoms with Crippen LogP contribution in [0.4, 0.5) is 5.69 Å². The Bertz CT molecular complexity index is 711. The molecule has 1 aromatic carbocycles. The maximum Gasteiger partial charge on any atom is 0.286 e. The van der Waals surface area contributed by atoms with Gasteiger partial charge in [-0.05, 0) is 24.1 Å². The summed E-state index contributed by atoms with van der Waals surface area (Å²) >= 11 is 1.34. The van der Waals surface area contributed by atoms with Gasteiger partial charge in [-0.15, -0.1) is 10.2 Å². The van der Waals surface area contributed by atoms with Crippen LogP contribution in [0.3, 0.4) is 0 Å². The second-order valence-electron chi connectivity index (χ2n) is 6.35. The van der Waals surface area contributed by atoms with Crippen LogP contribution in [-0.2, 0) is 13.0 Å². The summed E-state index contributed by atoms with van der Waals surface area (Å²) < 4.78 is 0. The zero-order valence-electron chi connectivity index (χ0n) is 15.0. The Morgan fingerprint density at radius 2 is 1.85 bits per heavy atom. The zero-order chi connectivity index (χ0) is 18.4. The summed E-state index contributed by atoms with van der Waals surface area (Å²) in [5.41, 5.74) is 2.00. The number of piperazine rings is 1. The Kier molecular flexibility index (Phi) is 6.67. The Labute approximate surface area is 157 Å². The number of aromatic nitrogens is 2. The van der Waals surface area contributed by atoms with Gasteiger partial charge >= 0.3 is 0 Å². The number of nitrogens with zero attached hydrogens (tertiary/aromatic N) is 4. The summed E-state index contributed by atoms with van der Waals surface area (Å²) in [6.45, 7) is 7.51. The maximum absolute atomic E-state index is 12.3. The molecule has 140 valence electrons. The number of aliphatic hydroxyl groups excluding tert-OH is 1. The number of carbonyl (C=O) groups excluding carboxylic acids is 1. The van der Waals surface area contributed by atoms with Crippen LogP contribution in [0.15, 0.2) is 24.3 Å². The number of aliphatic hydroxyl groups is 1. The number of rotatable bonds is 7. The van der Waals surface area contributed by atoms with Crippen LogP contribution < -0.4 is 5.32 Å². The molecular weight excluding hydrogens is 350 g/mol. The number of hydrogen-bond donors (Lipinski definition) is 2. The monoisotopic (exact) mass is 375 g/mol. The molecule has 1 aromatic heterocycles. The molecule has 26 heavy (non-hydrogen) atoms. The van der Waals surface area contributed by atoms with Crippen LogP contribution in [0.2, 0.25) is 0 Å². The van der Waals surface area contributed by atoms with Crippen molar-refractivity contribution in [3.63, 3.8) is 0 Å². The predicted molar refractivity (Wildman–Crippen MR) is 102 cm³/mol. The lowest BCUT2D eigenvalue weighted by atomic mass is 10.1. The van der Waals surface area contributed by atoms with Gasteiger partial charge in [0, 0.05) is 38.4 Å². The van der Waals surface area contributed by atoms with Gasteiger partial charge in [-0.25, -0.2) is 0 Å². The van der Waals surface area contributed by atoms with E-state index in [1.54, 1.807) is 0 Å². The van der Waals surface area contributed by atoms with Gasteiger partial charge in [0.2, 0.25) is 5.01 Å². The maximum atomic E-state index is 12.3. The Morgan fingerprint density at radius 3 is 2.50 bits per heavy atom. The van der Waals surface area contributed by atoms with E-state index in [0.717, 1.165) is 49.8 Å². The number of hydrogen-bond acceptors (Lipinski definition) is 7. The van der Waals surface area contributed by atoms with E-state index in [2.05, 4.69) is 32.2 Å². The average Bonchev–Trinajstić information content (AvgIpc) is 3.13. The van der Waals surface area contributed by atoms with Gasteiger partial charge in [0.05, 0.1) is 13.2 Å². The third kappa shape index (κ3) is 5.07. The van der Waals surface area contributed by atoms with Crippen molar-refractivity contribution in [3.8, 4) is 0 Å². The van der Waals surface area contributed by atoms with E-state index in [1.165, 1.54) is 16.9 Å². The van der Waals surface area contributed by atoms with Gasteiger partial charge in [-0.3, -0.25) is 14.6 Å². The molecule has 0 aliphatic carbocycles. The van der Waals surface area contributed by atoms with Gasteiger partial charge in [0.1, 0.15) is 5.01 Å². The molecule has 0 spiro atoms. The highest BCUT2D eigenvalue weighted by atomic mass is 32.1. The van der Waals surface area contributed by atoms with Crippen molar-refractivity contribution in [2.75, 3.05) is 44.6 Å². The van der Waals surface area contributed by atoms with Crippen LogP contribution in [0.1, 0.15) is 27.3 Å². The van der Waals surface area contributed by atoms with Crippen molar-refractivity contribution in [3.05, 3.63) is 39.8 Å². The van der Waals surface area contributed by atoms with E-state index in [-0.39, 0.29) is 12.5 Å². The molecule has 0 radical (unpaired) electrons. The number of nitrogens with one attached hydrogen (secondary N) is 1. The molecule has 8 heteroatoms. The minimum atomic E-state index is -0.217. The zero-order valence-corrected chi connectivity index (χ0v) is 15.8. The molecule has 2 N–H and O–H groups in total. The highest BCUT2D eigenvalue weighted by molar-refractivity contribution is 7.13. The smallest absolute Gasteiger partial charge is 0.286 e. The van der Waals surface area contributed by atoms with Crippen LogP contribution >= 0.6 is 11.3 Å². The molecular formula is C18H25N5O2S. The fourth-order valence-corrected chi connectivity index (χ4v) is 3.70. The van der Waals surface area contributed by atoms with Crippen LogP contribution in [0.25, 0.3) is 0 Å². The minimum absolute atomic E-state index is 0.204. The van der Waals surface area contributed by atoms with Crippen molar-refractivity contribution in [2.45, 2.75) is 19.9 Å². The Balaban J connectivity index is 1.51. The second kappa shape index (κ2) is 9.18. The average molecular weight is 375 g/mol. The summed E-state index contributed by atoms with van der Waals surface area (Å²) in [6, 6.07) is 7.84. The summed E-state index contributed by atoms with van der Waals surface area (Å²) in [5, 5.41) is 21.3. The first kappa shape index (κ1) is 18.9. The number of anilines is 1. The third-order valence-corrected chi connectivity index (χ3v) is 5.43. The normalized spacial score (nSPS) is 15.9. The molecule has 1 amide bonds. The van der Waals surface area contributed by atoms with Crippen LogP contribution in [-0.4, -0.2) is 70.3 Å². The highest BCUT2D eigenvalue weighted by Gasteiger charge is 2.19. The van der Waals surface area contributed by atoms with Crippen molar-refractivity contribution < 1.29 is 9.90 Å².